The summed E-state index contributed by atoms with van der Waals surface area (Å²) < 4.78 is 5.22. The third-order valence-corrected chi connectivity index (χ3v) is 3.30. The number of nitrogens with one attached hydrogen (secondary N) is 2. The van der Waals surface area contributed by atoms with Crippen molar-refractivity contribution in [2.75, 3.05) is 12.4 Å². The van der Waals surface area contributed by atoms with Crippen LogP contribution in [0.1, 0.15) is 28.4 Å². The van der Waals surface area contributed by atoms with Gasteiger partial charge in [0.15, 0.2) is 0 Å². The molecule has 5 heteroatoms. The normalized spacial score (nSPS) is 10.0. The smallest absolute Gasteiger partial charge is 0.255 e. The van der Waals surface area contributed by atoms with Crippen molar-refractivity contribution in [3.05, 3.63) is 59.2 Å². The maximum absolute atomic E-state index is 12.4. The molecule has 0 bridgehead atoms. The van der Waals surface area contributed by atoms with E-state index in [0.29, 0.717) is 23.5 Å². The minimum Gasteiger partial charge on any atom is -0.496 e. The van der Waals surface area contributed by atoms with E-state index in [9.17, 15) is 9.59 Å². The molecule has 0 aliphatic carbocycles. The van der Waals surface area contributed by atoms with Crippen LogP contribution < -0.4 is 15.4 Å². The second kappa shape index (κ2) is 7.45. The fourth-order valence-electron chi connectivity index (χ4n) is 2.27. The Morgan fingerprint density at radius 2 is 1.91 bits per heavy atom. The molecule has 0 aromatic heterocycles. The van der Waals surface area contributed by atoms with Gasteiger partial charge in [0.1, 0.15) is 5.75 Å². The van der Waals surface area contributed by atoms with Gasteiger partial charge in [-0.05, 0) is 30.7 Å². The summed E-state index contributed by atoms with van der Waals surface area (Å²) in [5.41, 5.74) is 3.10. The number of methoxy groups -OCH3 is 1. The van der Waals surface area contributed by atoms with Crippen molar-refractivity contribution in [3.8, 4) is 5.75 Å². The first-order valence-corrected chi connectivity index (χ1v) is 7.29. The Morgan fingerprint density at radius 3 is 2.57 bits per heavy atom. The molecule has 0 fully saturated rings. The molecule has 2 rings (SSSR count). The van der Waals surface area contributed by atoms with Crippen molar-refractivity contribution in [2.24, 2.45) is 0 Å². The van der Waals surface area contributed by atoms with Gasteiger partial charge in [-0.15, -0.1) is 0 Å². The maximum atomic E-state index is 12.4. The molecule has 23 heavy (non-hydrogen) atoms. The lowest BCUT2D eigenvalue weighted by Crippen LogP contribution is -2.23. The highest BCUT2D eigenvalue weighted by Gasteiger charge is 2.13. The molecule has 2 aromatic rings. The lowest BCUT2D eigenvalue weighted by Gasteiger charge is -2.12. The van der Waals surface area contributed by atoms with E-state index in [0.717, 1.165) is 11.1 Å². The summed E-state index contributed by atoms with van der Waals surface area (Å²) in [7, 11) is 1.50. The van der Waals surface area contributed by atoms with Crippen LogP contribution in [0, 0.1) is 6.92 Å². The lowest BCUT2D eigenvalue weighted by atomic mass is 10.1. The van der Waals surface area contributed by atoms with Gasteiger partial charge in [-0.1, -0.05) is 29.8 Å². The monoisotopic (exact) mass is 312 g/mol. The molecular weight excluding hydrogens is 292 g/mol. The zero-order chi connectivity index (χ0) is 16.8. The van der Waals surface area contributed by atoms with Crippen molar-refractivity contribution in [1.29, 1.82) is 0 Å². The molecule has 2 aromatic carbocycles. The van der Waals surface area contributed by atoms with Crippen LogP contribution in [-0.2, 0) is 11.3 Å². The van der Waals surface area contributed by atoms with Gasteiger partial charge in [0.2, 0.25) is 5.91 Å². The number of hydrogen-bond donors (Lipinski definition) is 2. The number of ether oxygens (including phenoxy) is 1. The van der Waals surface area contributed by atoms with Crippen LogP contribution in [0.4, 0.5) is 5.69 Å². The number of hydrogen-bond acceptors (Lipinski definition) is 3. The van der Waals surface area contributed by atoms with E-state index in [4.69, 9.17) is 4.74 Å². The fraction of sp³-hybridized carbons (Fsp3) is 0.222. The predicted molar refractivity (Wildman–Crippen MR) is 89.6 cm³/mol. The zero-order valence-electron chi connectivity index (χ0n) is 13.5. The molecule has 0 unspecified atom stereocenters. The number of rotatable bonds is 5. The van der Waals surface area contributed by atoms with Crippen molar-refractivity contribution in [2.45, 2.75) is 20.4 Å². The first-order chi connectivity index (χ1) is 11.0. The maximum Gasteiger partial charge on any atom is 0.255 e. The minimum atomic E-state index is -0.254. The van der Waals surface area contributed by atoms with Gasteiger partial charge < -0.3 is 15.4 Å². The molecule has 5 nitrogen and oxygen atoms in total. The topological polar surface area (TPSA) is 67.4 Å². The van der Waals surface area contributed by atoms with Crippen LogP contribution >= 0.6 is 0 Å². The molecule has 0 radical (unpaired) electrons. The van der Waals surface area contributed by atoms with Crippen molar-refractivity contribution in [3.63, 3.8) is 0 Å². The summed E-state index contributed by atoms with van der Waals surface area (Å²) >= 11 is 0. The van der Waals surface area contributed by atoms with Gasteiger partial charge in [-0.25, -0.2) is 0 Å². The van der Waals surface area contributed by atoms with E-state index in [1.54, 1.807) is 18.2 Å². The van der Waals surface area contributed by atoms with E-state index in [2.05, 4.69) is 10.6 Å². The van der Waals surface area contributed by atoms with Crippen LogP contribution in [0.3, 0.4) is 0 Å². The average molecular weight is 312 g/mol. The molecule has 2 N–H and O–H groups in total. The number of anilines is 1. The number of carbonyl (C=O) groups excluding carboxylic acids is 2. The Hall–Kier alpha value is -2.82. The molecule has 0 spiro atoms. The highest BCUT2D eigenvalue weighted by Crippen LogP contribution is 2.22. The lowest BCUT2D eigenvalue weighted by molar-refractivity contribution is -0.114. The van der Waals surface area contributed by atoms with Gasteiger partial charge in [0.25, 0.3) is 5.91 Å². The Labute approximate surface area is 135 Å². The third kappa shape index (κ3) is 4.57. The minimum absolute atomic E-state index is 0.193. The van der Waals surface area contributed by atoms with Crippen LogP contribution in [0.15, 0.2) is 42.5 Å². The first-order valence-electron chi connectivity index (χ1n) is 7.29. The Morgan fingerprint density at radius 1 is 1.13 bits per heavy atom. The second-order valence-corrected chi connectivity index (χ2v) is 5.27. The SMILES string of the molecule is COc1ccc(NC(C)=O)cc1C(=O)NCc1cccc(C)c1. The number of aryl methyl sites for hydroxylation is 1. The van der Waals surface area contributed by atoms with Gasteiger partial charge >= 0.3 is 0 Å². The van der Waals surface area contributed by atoms with Gasteiger partial charge in [0, 0.05) is 19.2 Å². The molecule has 0 saturated heterocycles. The third-order valence-electron chi connectivity index (χ3n) is 3.30. The highest BCUT2D eigenvalue weighted by molar-refractivity contribution is 5.99. The molecule has 0 atom stereocenters. The predicted octanol–water partition coefficient (Wildman–Crippen LogP) is 2.89. The highest BCUT2D eigenvalue weighted by atomic mass is 16.5. The fourth-order valence-corrected chi connectivity index (χ4v) is 2.27. The number of benzene rings is 2. The quantitative estimate of drug-likeness (QED) is 0.892. The summed E-state index contributed by atoms with van der Waals surface area (Å²) in [5.74, 6) is 0.0117. The van der Waals surface area contributed by atoms with Crippen molar-refractivity contribution >= 4 is 17.5 Å². The van der Waals surface area contributed by atoms with E-state index in [-0.39, 0.29) is 11.8 Å². The van der Waals surface area contributed by atoms with E-state index in [1.165, 1.54) is 14.0 Å². The van der Waals surface area contributed by atoms with Crippen LogP contribution in [0.25, 0.3) is 0 Å². The molecule has 0 heterocycles. The molecule has 0 aliphatic heterocycles. The molecule has 0 aliphatic rings. The largest absolute Gasteiger partial charge is 0.496 e. The summed E-state index contributed by atoms with van der Waals surface area (Å²) in [5, 5.41) is 5.52. The Balaban J connectivity index is 2.15. The Bertz CT molecular complexity index is 726. The molecule has 120 valence electrons. The van der Waals surface area contributed by atoms with Gasteiger partial charge in [-0.3, -0.25) is 9.59 Å². The standard InChI is InChI=1S/C18H20N2O3/c1-12-5-4-6-14(9-12)11-19-18(22)16-10-15(20-13(2)21)7-8-17(16)23-3/h4-10H,11H2,1-3H3,(H,19,22)(H,20,21). The van der Waals surface area contributed by atoms with Crippen molar-refractivity contribution < 1.29 is 14.3 Å². The van der Waals surface area contributed by atoms with Gasteiger partial charge in [-0.2, -0.15) is 0 Å². The van der Waals surface area contributed by atoms with Crippen molar-refractivity contribution in [1.82, 2.24) is 5.32 Å². The van der Waals surface area contributed by atoms with E-state index in [1.807, 2.05) is 31.2 Å². The summed E-state index contributed by atoms with van der Waals surface area (Å²) in [4.78, 5) is 23.6. The van der Waals surface area contributed by atoms with Gasteiger partial charge in [0.05, 0.1) is 12.7 Å². The number of amides is 2. The average Bonchev–Trinajstić information content (AvgIpc) is 2.52. The van der Waals surface area contributed by atoms with E-state index >= 15 is 0 Å². The van der Waals surface area contributed by atoms with E-state index < -0.39 is 0 Å². The summed E-state index contributed by atoms with van der Waals surface area (Å²) in [6, 6.07) is 12.9. The molecule has 0 saturated carbocycles. The summed E-state index contributed by atoms with van der Waals surface area (Å²) in [6.07, 6.45) is 0. The molecular formula is C18H20N2O3. The van der Waals surface area contributed by atoms with Crippen LogP contribution in [0.2, 0.25) is 0 Å². The van der Waals surface area contributed by atoms with Crippen LogP contribution in [-0.4, -0.2) is 18.9 Å². The second-order valence-electron chi connectivity index (χ2n) is 5.27. The molecule has 2 amide bonds. The Kier molecular flexibility index (Phi) is 5.36. The number of carbonyl (C=O) groups is 2. The van der Waals surface area contributed by atoms with Crippen LogP contribution in [0.5, 0.6) is 5.75 Å². The zero-order valence-corrected chi connectivity index (χ0v) is 13.5. The summed E-state index contributed by atoms with van der Waals surface area (Å²) in [6.45, 7) is 3.85. The first kappa shape index (κ1) is 16.5.